The van der Waals surface area contributed by atoms with Crippen LogP contribution in [0.2, 0.25) is 0 Å². The van der Waals surface area contributed by atoms with Crippen LogP contribution in [0.4, 0.5) is 0 Å². The molecule has 1 aromatic rings. The first kappa shape index (κ1) is 14.9. The molecule has 1 aliphatic carbocycles. The summed E-state index contributed by atoms with van der Waals surface area (Å²) in [6, 6.07) is 5.21. The Bertz CT molecular complexity index is 439. The fourth-order valence-corrected chi connectivity index (χ4v) is 5.81. The van der Waals surface area contributed by atoms with Crippen LogP contribution < -0.4 is 5.73 Å². The Morgan fingerprint density at radius 3 is 2.70 bits per heavy atom. The van der Waals surface area contributed by atoms with E-state index < -0.39 is 0 Å². The lowest BCUT2D eigenvalue weighted by atomic mass is 9.78. The van der Waals surface area contributed by atoms with Crippen molar-refractivity contribution in [1.82, 2.24) is 4.90 Å². The molecular formula is C16H26N2S2. The lowest BCUT2D eigenvalue weighted by molar-refractivity contribution is 0.0544. The van der Waals surface area contributed by atoms with Crippen molar-refractivity contribution < 1.29 is 0 Å². The lowest BCUT2D eigenvalue weighted by Gasteiger charge is -2.51. The predicted octanol–water partition coefficient (Wildman–Crippen LogP) is 3.57. The molecule has 112 valence electrons. The monoisotopic (exact) mass is 310 g/mol. The minimum atomic E-state index is 0.206. The van der Waals surface area contributed by atoms with E-state index in [2.05, 4.69) is 48.0 Å². The Hall–Kier alpha value is -0.0300. The molecule has 0 spiro atoms. The Balaban J connectivity index is 1.83. The molecule has 1 saturated heterocycles. The number of nitrogens with two attached hydrogens (primary N) is 1. The smallest absolute Gasteiger partial charge is 0.0434 e. The van der Waals surface area contributed by atoms with Crippen LogP contribution in [0.5, 0.6) is 0 Å². The summed E-state index contributed by atoms with van der Waals surface area (Å²) in [5.41, 5.74) is 6.92. The fraction of sp³-hybridized carbons (Fsp3) is 0.750. The van der Waals surface area contributed by atoms with Crippen LogP contribution in [0.3, 0.4) is 0 Å². The topological polar surface area (TPSA) is 29.3 Å². The molecule has 2 nitrogen and oxygen atoms in total. The Morgan fingerprint density at radius 2 is 2.15 bits per heavy atom. The fourth-order valence-electron chi connectivity index (χ4n) is 3.58. The Kier molecular flexibility index (Phi) is 4.20. The molecule has 1 atom stereocenters. The van der Waals surface area contributed by atoms with Gasteiger partial charge in [-0.3, -0.25) is 4.90 Å². The Morgan fingerprint density at radius 1 is 1.35 bits per heavy atom. The molecule has 2 fully saturated rings. The van der Waals surface area contributed by atoms with Crippen molar-refractivity contribution in [2.24, 2.45) is 11.1 Å². The van der Waals surface area contributed by atoms with E-state index in [9.17, 15) is 0 Å². The van der Waals surface area contributed by atoms with Gasteiger partial charge in [-0.05, 0) is 41.9 Å². The third-order valence-electron chi connectivity index (χ3n) is 4.55. The van der Waals surface area contributed by atoms with E-state index in [0.717, 1.165) is 19.1 Å². The van der Waals surface area contributed by atoms with Crippen molar-refractivity contribution in [1.29, 1.82) is 0 Å². The zero-order valence-electron chi connectivity index (χ0n) is 12.6. The molecule has 2 heterocycles. The zero-order chi connectivity index (χ0) is 14.2. The van der Waals surface area contributed by atoms with Crippen LogP contribution in [0.25, 0.3) is 0 Å². The molecule has 1 saturated carbocycles. The maximum Gasteiger partial charge on any atom is 0.0434 e. The van der Waals surface area contributed by atoms with Gasteiger partial charge in [0.15, 0.2) is 0 Å². The highest BCUT2D eigenvalue weighted by Gasteiger charge is 2.48. The van der Waals surface area contributed by atoms with Crippen LogP contribution in [0, 0.1) is 5.41 Å². The molecule has 0 radical (unpaired) electrons. The van der Waals surface area contributed by atoms with Crippen molar-refractivity contribution in [2.45, 2.75) is 51.2 Å². The molecule has 4 heteroatoms. The molecule has 0 amide bonds. The van der Waals surface area contributed by atoms with E-state index in [1.54, 1.807) is 0 Å². The molecule has 0 bridgehead atoms. The van der Waals surface area contributed by atoms with Gasteiger partial charge in [0.25, 0.3) is 0 Å². The van der Waals surface area contributed by atoms with Crippen LogP contribution in [0.15, 0.2) is 17.5 Å². The van der Waals surface area contributed by atoms with Crippen molar-refractivity contribution in [3.8, 4) is 0 Å². The molecule has 3 rings (SSSR count). The van der Waals surface area contributed by atoms with Crippen molar-refractivity contribution >= 4 is 23.1 Å². The van der Waals surface area contributed by atoms with Gasteiger partial charge in [0, 0.05) is 35.3 Å². The maximum absolute atomic E-state index is 6.30. The number of thioether (sulfide) groups is 1. The van der Waals surface area contributed by atoms with Gasteiger partial charge in [0.2, 0.25) is 0 Å². The van der Waals surface area contributed by atoms with Crippen LogP contribution in [-0.4, -0.2) is 34.5 Å². The van der Waals surface area contributed by atoms with Crippen LogP contribution in [-0.2, 0) is 6.54 Å². The van der Waals surface area contributed by atoms with Gasteiger partial charge in [-0.2, -0.15) is 11.8 Å². The van der Waals surface area contributed by atoms with E-state index in [-0.39, 0.29) is 5.54 Å². The van der Waals surface area contributed by atoms with Crippen LogP contribution in [0.1, 0.15) is 38.0 Å². The number of thiophene rings is 1. The van der Waals surface area contributed by atoms with E-state index in [4.69, 9.17) is 5.73 Å². The van der Waals surface area contributed by atoms with Crippen molar-refractivity contribution in [3.05, 3.63) is 22.4 Å². The van der Waals surface area contributed by atoms with Gasteiger partial charge in [-0.1, -0.05) is 19.9 Å². The molecule has 2 aliphatic rings. The largest absolute Gasteiger partial charge is 0.329 e. The minimum Gasteiger partial charge on any atom is -0.329 e. The number of rotatable bonds is 5. The summed E-state index contributed by atoms with van der Waals surface area (Å²) in [6.07, 6.45) is 3.96. The number of nitrogens with zero attached hydrogens (tertiary/aromatic N) is 1. The van der Waals surface area contributed by atoms with Crippen LogP contribution >= 0.6 is 23.1 Å². The first-order valence-corrected chi connectivity index (χ1v) is 9.65. The van der Waals surface area contributed by atoms with Crippen molar-refractivity contribution in [3.63, 3.8) is 0 Å². The molecule has 1 aromatic heterocycles. The molecular weight excluding hydrogens is 284 g/mol. The summed E-state index contributed by atoms with van der Waals surface area (Å²) in [4.78, 5) is 4.24. The van der Waals surface area contributed by atoms with E-state index >= 15 is 0 Å². The van der Waals surface area contributed by atoms with Crippen molar-refractivity contribution in [2.75, 3.05) is 18.1 Å². The minimum absolute atomic E-state index is 0.206. The quantitative estimate of drug-likeness (QED) is 0.901. The summed E-state index contributed by atoms with van der Waals surface area (Å²) < 4.78 is 0. The summed E-state index contributed by atoms with van der Waals surface area (Å²) in [6.45, 7) is 6.70. The summed E-state index contributed by atoms with van der Waals surface area (Å²) in [5.74, 6) is 2.47. The van der Waals surface area contributed by atoms with Gasteiger partial charge in [-0.15, -0.1) is 11.3 Å². The highest BCUT2D eigenvalue weighted by molar-refractivity contribution is 7.99. The number of hydrogen-bond donors (Lipinski definition) is 1. The van der Waals surface area contributed by atoms with E-state index in [1.165, 1.54) is 35.6 Å². The van der Waals surface area contributed by atoms with E-state index in [1.807, 2.05) is 11.3 Å². The Labute approximate surface area is 131 Å². The third-order valence-corrected chi connectivity index (χ3v) is 7.14. The summed E-state index contributed by atoms with van der Waals surface area (Å²) in [7, 11) is 0. The molecule has 1 aliphatic heterocycles. The summed E-state index contributed by atoms with van der Waals surface area (Å²) >= 11 is 3.98. The lowest BCUT2D eigenvalue weighted by Crippen LogP contribution is -2.60. The number of hydrogen-bond acceptors (Lipinski definition) is 4. The summed E-state index contributed by atoms with van der Waals surface area (Å²) in [5, 5.41) is 2.19. The van der Waals surface area contributed by atoms with E-state index in [0.29, 0.717) is 5.41 Å². The first-order valence-electron chi connectivity index (χ1n) is 7.62. The second-order valence-corrected chi connectivity index (χ2v) is 9.22. The maximum atomic E-state index is 6.30. The molecule has 1 unspecified atom stereocenters. The molecule has 20 heavy (non-hydrogen) atoms. The average molecular weight is 311 g/mol. The van der Waals surface area contributed by atoms with Gasteiger partial charge in [-0.25, -0.2) is 0 Å². The standard InChI is InChI=1S/C16H26N2S2/c1-15(2)9-16(10-17,12-19-11-15)18(13-5-6-13)8-14-4-3-7-20-14/h3-4,7,13H,5-6,8-12,17H2,1-2H3. The zero-order valence-corrected chi connectivity index (χ0v) is 14.2. The van der Waals surface area contributed by atoms with Gasteiger partial charge in [0.1, 0.15) is 0 Å². The van der Waals surface area contributed by atoms with Gasteiger partial charge in [0.05, 0.1) is 0 Å². The second kappa shape index (κ2) is 5.64. The highest BCUT2D eigenvalue weighted by Crippen LogP contribution is 2.46. The normalized spacial score (nSPS) is 29.8. The SMILES string of the molecule is CC1(C)CSCC(CN)(N(Cc2cccs2)C2CC2)C1. The third kappa shape index (κ3) is 3.08. The predicted molar refractivity (Wildman–Crippen MR) is 90.4 cm³/mol. The molecule has 0 aromatic carbocycles. The molecule has 2 N–H and O–H groups in total. The van der Waals surface area contributed by atoms with Gasteiger partial charge >= 0.3 is 0 Å². The average Bonchev–Trinajstić information content (AvgIpc) is 3.11. The second-order valence-electron chi connectivity index (χ2n) is 7.20. The van der Waals surface area contributed by atoms with Gasteiger partial charge < -0.3 is 5.73 Å². The highest BCUT2D eigenvalue weighted by atomic mass is 32.2. The first-order chi connectivity index (χ1) is 9.55.